The molecular weight excluding hydrogens is 214 g/mol. The summed E-state index contributed by atoms with van der Waals surface area (Å²) in [4.78, 5) is 6.82. The van der Waals surface area contributed by atoms with Crippen molar-refractivity contribution in [2.75, 3.05) is 31.2 Å². The summed E-state index contributed by atoms with van der Waals surface area (Å²) in [5.41, 5.74) is 7.12. The van der Waals surface area contributed by atoms with E-state index in [1.807, 2.05) is 19.2 Å². The third-order valence-electron chi connectivity index (χ3n) is 2.93. The molecule has 4 nitrogen and oxygen atoms in total. The molecule has 0 aliphatic carbocycles. The van der Waals surface area contributed by atoms with Gasteiger partial charge in [0.05, 0.1) is 6.61 Å². The molecule has 1 aromatic heterocycles. The molecular formula is C13H21N3O. The van der Waals surface area contributed by atoms with Crippen LogP contribution in [-0.4, -0.2) is 37.3 Å². The first-order valence-corrected chi connectivity index (χ1v) is 6.29. The van der Waals surface area contributed by atoms with Gasteiger partial charge in [0.15, 0.2) is 0 Å². The minimum absolute atomic E-state index is 0.168. The molecule has 1 saturated heterocycles. The number of nitrogens with two attached hydrogens (primary N) is 1. The zero-order chi connectivity index (χ0) is 12.1. The van der Waals surface area contributed by atoms with E-state index in [1.165, 1.54) is 5.56 Å². The second-order valence-electron chi connectivity index (χ2n) is 4.62. The number of hydrogen-bond donors (Lipinski definition) is 1. The van der Waals surface area contributed by atoms with Gasteiger partial charge in [-0.1, -0.05) is 6.07 Å². The van der Waals surface area contributed by atoms with Crippen LogP contribution in [0.3, 0.4) is 0 Å². The average molecular weight is 235 g/mol. The fraction of sp³-hybridized carbons (Fsp3) is 0.615. The highest BCUT2D eigenvalue weighted by Crippen LogP contribution is 2.19. The highest BCUT2D eigenvalue weighted by Gasteiger charge is 2.15. The lowest BCUT2D eigenvalue weighted by atomic mass is 10.1. The summed E-state index contributed by atoms with van der Waals surface area (Å²) < 4.78 is 5.47. The number of hydrogen-bond acceptors (Lipinski definition) is 4. The Hall–Kier alpha value is -1.13. The molecule has 0 radical (unpaired) electrons. The van der Waals surface area contributed by atoms with E-state index in [1.54, 1.807) is 0 Å². The zero-order valence-electron chi connectivity index (χ0n) is 10.4. The Morgan fingerprint density at radius 1 is 1.47 bits per heavy atom. The van der Waals surface area contributed by atoms with E-state index < -0.39 is 0 Å². The topological polar surface area (TPSA) is 51.4 Å². The first-order valence-electron chi connectivity index (χ1n) is 6.29. The molecule has 1 aliphatic rings. The van der Waals surface area contributed by atoms with Crippen LogP contribution in [-0.2, 0) is 11.2 Å². The monoisotopic (exact) mass is 235 g/mol. The van der Waals surface area contributed by atoms with Crippen LogP contribution in [0.15, 0.2) is 18.3 Å². The van der Waals surface area contributed by atoms with E-state index in [2.05, 4.69) is 16.0 Å². The van der Waals surface area contributed by atoms with Crippen molar-refractivity contribution < 1.29 is 4.74 Å². The largest absolute Gasteiger partial charge is 0.380 e. The molecule has 17 heavy (non-hydrogen) atoms. The lowest BCUT2D eigenvalue weighted by Gasteiger charge is -2.23. The molecule has 0 saturated carbocycles. The Morgan fingerprint density at radius 3 is 3.18 bits per heavy atom. The molecule has 1 aromatic rings. The second-order valence-corrected chi connectivity index (χ2v) is 4.62. The van der Waals surface area contributed by atoms with E-state index in [0.29, 0.717) is 0 Å². The second kappa shape index (κ2) is 5.98. The fourth-order valence-corrected chi connectivity index (χ4v) is 2.18. The summed E-state index contributed by atoms with van der Waals surface area (Å²) in [7, 11) is 0. The van der Waals surface area contributed by atoms with Gasteiger partial charge in [-0.25, -0.2) is 4.98 Å². The van der Waals surface area contributed by atoms with Crippen molar-refractivity contribution in [3.63, 3.8) is 0 Å². The fourth-order valence-electron chi connectivity index (χ4n) is 2.18. The number of rotatable bonds is 3. The highest BCUT2D eigenvalue weighted by atomic mass is 16.5. The Bertz CT molecular complexity index is 346. The van der Waals surface area contributed by atoms with Gasteiger partial charge < -0.3 is 15.4 Å². The molecule has 2 rings (SSSR count). The van der Waals surface area contributed by atoms with E-state index in [0.717, 1.165) is 45.0 Å². The quantitative estimate of drug-likeness (QED) is 0.855. The summed E-state index contributed by atoms with van der Waals surface area (Å²) in [6.07, 6.45) is 3.79. The van der Waals surface area contributed by atoms with Crippen molar-refractivity contribution in [1.29, 1.82) is 0 Å². The van der Waals surface area contributed by atoms with Crippen molar-refractivity contribution in [3.05, 3.63) is 23.9 Å². The summed E-state index contributed by atoms with van der Waals surface area (Å²) in [6, 6.07) is 4.27. The predicted molar refractivity (Wildman–Crippen MR) is 69.2 cm³/mol. The van der Waals surface area contributed by atoms with Crippen LogP contribution in [0.5, 0.6) is 0 Å². The molecule has 1 atom stereocenters. The molecule has 0 spiro atoms. The SMILES string of the molecule is CC(N)Cc1cccnc1N1CCCOCC1. The maximum Gasteiger partial charge on any atom is 0.131 e. The van der Waals surface area contributed by atoms with Crippen molar-refractivity contribution in [2.24, 2.45) is 5.73 Å². The number of anilines is 1. The number of ether oxygens (including phenoxy) is 1. The van der Waals surface area contributed by atoms with Gasteiger partial charge in [0, 0.05) is 31.9 Å². The van der Waals surface area contributed by atoms with Crippen LogP contribution in [0.4, 0.5) is 5.82 Å². The Balaban J connectivity index is 2.17. The predicted octanol–water partition coefficient (Wildman–Crippen LogP) is 1.20. The summed E-state index contributed by atoms with van der Waals surface area (Å²) >= 11 is 0. The summed E-state index contributed by atoms with van der Waals surface area (Å²) in [5, 5.41) is 0. The van der Waals surface area contributed by atoms with Gasteiger partial charge in [-0.3, -0.25) is 0 Å². The van der Waals surface area contributed by atoms with Crippen molar-refractivity contribution in [3.8, 4) is 0 Å². The first kappa shape index (κ1) is 12.3. The molecule has 2 heterocycles. The highest BCUT2D eigenvalue weighted by molar-refractivity contribution is 5.47. The average Bonchev–Trinajstić information content (AvgIpc) is 2.57. The summed E-state index contributed by atoms with van der Waals surface area (Å²) in [6.45, 7) is 5.61. The van der Waals surface area contributed by atoms with Crippen LogP contribution >= 0.6 is 0 Å². The molecule has 0 amide bonds. The smallest absolute Gasteiger partial charge is 0.131 e. The van der Waals surface area contributed by atoms with Gasteiger partial charge in [-0.2, -0.15) is 0 Å². The normalized spacial score (nSPS) is 18.8. The third-order valence-corrected chi connectivity index (χ3v) is 2.93. The van der Waals surface area contributed by atoms with Crippen LogP contribution in [0.2, 0.25) is 0 Å². The molecule has 94 valence electrons. The first-order chi connectivity index (χ1) is 8.27. The number of aromatic nitrogens is 1. The van der Waals surface area contributed by atoms with Gasteiger partial charge in [0.2, 0.25) is 0 Å². The number of nitrogens with zero attached hydrogens (tertiary/aromatic N) is 2. The van der Waals surface area contributed by atoms with E-state index >= 15 is 0 Å². The van der Waals surface area contributed by atoms with Crippen LogP contribution in [0, 0.1) is 0 Å². The maximum atomic E-state index is 5.88. The zero-order valence-corrected chi connectivity index (χ0v) is 10.4. The lowest BCUT2D eigenvalue weighted by Crippen LogP contribution is -2.29. The molecule has 0 aromatic carbocycles. The summed E-state index contributed by atoms with van der Waals surface area (Å²) in [5.74, 6) is 1.08. The van der Waals surface area contributed by atoms with Gasteiger partial charge in [0.1, 0.15) is 5.82 Å². The Labute approximate surface area is 103 Å². The minimum atomic E-state index is 0.168. The minimum Gasteiger partial charge on any atom is -0.380 e. The Kier molecular flexibility index (Phi) is 4.34. The Morgan fingerprint density at radius 2 is 2.35 bits per heavy atom. The van der Waals surface area contributed by atoms with E-state index in [9.17, 15) is 0 Å². The van der Waals surface area contributed by atoms with Gasteiger partial charge in [-0.15, -0.1) is 0 Å². The van der Waals surface area contributed by atoms with E-state index in [-0.39, 0.29) is 6.04 Å². The van der Waals surface area contributed by atoms with Crippen molar-refractivity contribution >= 4 is 5.82 Å². The molecule has 0 bridgehead atoms. The standard InChI is InChI=1S/C13H21N3O/c1-11(14)10-12-4-2-5-15-13(12)16-6-3-8-17-9-7-16/h2,4-5,11H,3,6-10,14H2,1H3. The maximum absolute atomic E-state index is 5.88. The molecule has 1 aliphatic heterocycles. The molecule has 4 heteroatoms. The van der Waals surface area contributed by atoms with Crippen molar-refractivity contribution in [1.82, 2.24) is 4.98 Å². The van der Waals surface area contributed by atoms with Gasteiger partial charge in [0.25, 0.3) is 0 Å². The van der Waals surface area contributed by atoms with Gasteiger partial charge >= 0.3 is 0 Å². The van der Waals surface area contributed by atoms with Crippen LogP contribution in [0.1, 0.15) is 18.9 Å². The molecule has 2 N–H and O–H groups in total. The van der Waals surface area contributed by atoms with Crippen LogP contribution in [0.25, 0.3) is 0 Å². The van der Waals surface area contributed by atoms with E-state index in [4.69, 9.17) is 10.5 Å². The lowest BCUT2D eigenvalue weighted by molar-refractivity contribution is 0.152. The van der Waals surface area contributed by atoms with Crippen LogP contribution < -0.4 is 10.6 Å². The van der Waals surface area contributed by atoms with Gasteiger partial charge in [-0.05, 0) is 31.4 Å². The molecule has 1 fully saturated rings. The van der Waals surface area contributed by atoms with Crippen molar-refractivity contribution in [2.45, 2.75) is 25.8 Å². The number of pyridine rings is 1. The molecule has 1 unspecified atom stereocenters. The third kappa shape index (κ3) is 3.41.